The summed E-state index contributed by atoms with van der Waals surface area (Å²) in [4.78, 5) is 30.1. The number of carbonyl (C=O) groups is 2. The number of hydrogen-bond donors (Lipinski definition) is 1. The van der Waals surface area contributed by atoms with Crippen molar-refractivity contribution in [1.82, 2.24) is 10.2 Å². The van der Waals surface area contributed by atoms with E-state index in [9.17, 15) is 22.4 Å². The van der Waals surface area contributed by atoms with Crippen LogP contribution in [0.5, 0.6) is 0 Å². The molecule has 1 fully saturated rings. The quantitative estimate of drug-likeness (QED) is 0.174. The monoisotopic (exact) mass is 705 g/mol. The molecule has 0 unspecified atom stereocenters. The lowest BCUT2D eigenvalue weighted by molar-refractivity contribution is -0.140. The van der Waals surface area contributed by atoms with E-state index in [1.165, 1.54) is 29.2 Å². The van der Waals surface area contributed by atoms with E-state index in [1.54, 1.807) is 18.2 Å². The van der Waals surface area contributed by atoms with Gasteiger partial charge in [-0.15, -0.1) is 0 Å². The smallest absolute Gasteiger partial charge is 0.264 e. The Labute approximate surface area is 278 Å². The van der Waals surface area contributed by atoms with Gasteiger partial charge in [0.15, 0.2) is 0 Å². The van der Waals surface area contributed by atoms with Crippen molar-refractivity contribution in [2.75, 3.05) is 10.8 Å². The third-order valence-corrected chi connectivity index (χ3v) is 10.5. The molecule has 5 rings (SSSR count). The molecular formula is C36H37BrFN3O4S. The molecule has 1 aliphatic carbocycles. The first-order valence-electron chi connectivity index (χ1n) is 15.4. The van der Waals surface area contributed by atoms with E-state index in [0.717, 1.165) is 64.1 Å². The normalized spacial score (nSPS) is 14.3. The van der Waals surface area contributed by atoms with Gasteiger partial charge >= 0.3 is 0 Å². The molecule has 1 N–H and O–H groups in total. The first kappa shape index (κ1) is 33.3. The van der Waals surface area contributed by atoms with Gasteiger partial charge in [0.1, 0.15) is 18.4 Å². The van der Waals surface area contributed by atoms with Crippen molar-refractivity contribution in [2.45, 2.75) is 62.0 Å². The largest absolute Gasteiger partial charge is 0.352 e. The Balaban J connectivity index is 1.55. The number of hydrogen-bond acceptors (Lipinski definition) is 4. The van der Waals surface area contributed by atoms with E-state index < -0.39 is 34.3 Å². The van der Waals surface area contributed by atoms with E-state index in [1.807, 2.05) is 54.6 Å². The van der Waals surface area contributed by atoms with Crippen LogP contribution < -0.4 is 9.62 Å². The minimum atomic E-state index is -4.24. The number of nitrogens with zero attached hydrogens (tertiary/aromatic N) is 2. The van der Waals surface area contributed by atoms with Gasteiger partial charge in [0, 0.05) is 23.5 Å². The van der Waals surface area contributed by atoms with Crippen LogP contribution in [0.2, 0.25) is 0 Å². The molecule has 0 bridgehead atoms. The molecule has 0 spiro atoms. The van der Waals surface area contributed by atoms with Crippen molar-refractivity contribution in [2.24, 2.45) is 0 Å². The maximum Gasteiger partial charge on any atom is 0.264 e. The standard InChI is InChI=1S/C36H37BrFN3O4S/c37-29-18-16-28(17-19-29)25-40(34(24-27-10-4-1-5-11-27)36(43)39-31-12-6-2-7-13-31)35(42)26-41(32-22-20-30(38)21-23-32)46(44,45)33-14-8-3-9-15-33/h1,3-5,8-11,14-23,31,34H,2,6-7,12-13,24-26H2,(H,39,43)/t34-/m1/s1. The summed E-state index contributed by atoms with van der Waals surface area (Å²) in [6.07, 6.45) is 5.17. The summed E-state index contributed by atoms with van der Waals surface area (Å²) in [6.45, 7) is -0.522. The van der Waals surface area contributed by atoms with E-state index in [0.29, 0.717) is 0 Å². The Bertz CT molecular complexity index is 1700. The van der Waals surface area contributed by atoms with Crippen LogP contribution in [-0.2, 0) is 32.6 Å². The van der Waals surface area contributed by atoms with Crippen LogP contribution in [0.3, 0.4) is 0 Å². The van der Waals surface area contributed by atoms with Crippen molar-refractivity contribution in [1.29, 1.82) is 0 Å². The second-order valence-corrected chi connectivity index (χ2v) is 14.3. The minimum absolute atomic E-state index is 0.0116. The van der Waals surface area contributed by atoms with E-state index in [2.05, 4.69) is 21.2 Å². The number of benzene rings is 4. The molecule has 2 amide bonds. The zero-order valence-corrected chi connectivity index (χ0v) is 27.8. The molecule has 7 nitrogen and oxygen atoms in total. The van der Waals surface area contributed by atoms with Gasteiger partial charge in [0.2, 0.25) is 11.8 Å². The van der Waals surface area contributed by atoms with E-state index >= 15 is 0 Å². The van der Waals surface area contributed by atoms with Crippen LogP contribution in [-0.4, -0.2) is 43.8 Å². The predicted octanol–water partition coefficient (Wildman–Crippen LogP) is 6.87. The van der Waals surface area contributed by atoms with Crippen LogP contribution >= 0.6 is 15.9 Å². The summed E-state index contributed by atoms with van der Waals surface area (Å²) in [5, 5.41) is 3.20. The van der Waals surface area contributed by atoms with Gasteiger partial charge in [-0.2, -0.15) is 0 Å². The van der Waals surface area contributed by atoms with Crippen LogP contribution in [0.4, 0.5) is 10.1 Å². The van der Waals surface area contributed by atoms with E-state index in [4.69, 9.17) is 0 Å². The lowest BCUT2D eigenvalue weighted by Gasteiger charge is -2.35. The predicted molar refractivity (Wildman–Crippen MR) is 181 cm³/mol. The fraction of sp³-hybridized carbons (Fsp3) is 0.278. The topological polar surface area (TPSA) is 86.8 Å². The summed E-state index contributed by atoms with van der Waals surface area (Å²) >= 11 is 3.46. The highest BCUT2D eigenvalue weighted by Crippen LogP contribution is 2.26. The van der Waals surface area contributed by atoms with Gasteiger partial charge in [-0.25, -0.2) is 12.8 Å². The molecule has 10 heteroatoms. The first-order chi connectivity index (χ1) is 22.2. The molecule has 0 radical (unpaired) electrons. The van der Waals surface area contributed by atoms with Gasteiger partial charge in [-0.05, 0) is 72.5 Å². The summed E-state index contributed by atoms with van der Waals surface area (Å²) in [5.41, 5.74) is 1.78. The van der Waals surface area contributed by atoms with Crippen molar-refractivity contribution >= 4 is 43.5 Å². The molecule has 1 saturated carbocycles. The molecule has 46 heavy (non-hydrogen) atoms. The highest BCUT2D eigenvalue weighted by molar-refractivity contribution is 9.10. The molecule has 4 aromatic carbocycles. The van der Waals surface area contributed by atoms with Crippen LogP contribution in [0.1, 0.15) is 43.2 Å². The Hall–Kier alpha value is -4.02. The molecule has 0 saturated heterocycles. The van der Waals surface area contributed by atoms with Crippen LogP contribution in [0.15, 0.2) is 119 Å². The number of halogens is 2. The Morgan fingerprint density at radius 2 is 1.41 bits per heavy atom. The fourth-order valence-electron chi connectivity index (χ4n) is 5.74. The number of anilines is 1. The van der Waals surface area contributed by atoms with Crippen molar-refractivity contribution in [3.05, 3.63) is 131 Å². The van der Waals surface area contributed by atoms with Gasteiger partial charge < -0.3 is 10.2 Å². The highest BCUT2D eigenvalue weighted by atomic mass is 79.9. The van der Waals surface area contributed by atoms with Gasteiger partial charge in [0.25, 0.3) is 10.0 Å². The van der Waals surface area contributed by atoms with Gasteiger partial charge in [0.05, 0.1) is 10.6 Å². The molecule has 240 valence electrons. The Morgan fingerprint density at radius 1 is 0.804 bits per heavy atom. The number of rotatable bonds is 12. The molecule has 1 aliphatic rings. The number of nitrogens with one attached hydrogen (secondary N) is 1. The maximum atomic E-state index is 14.5. The third-order valence-electron chi connectivity index (χ3n) is 8.21. The van der Waals surface area contributed by atoms with Crippen molar-refractivity contribution in [3.8, 4) is 0 Å². The number of sulfonamides is 1. The Kier molecular flexibility index (Phi) is 11.2. The average molecular weight is 707 g/mol. The summed E-state index contributed by atoms with van der Waals surface area (Å²) in [5.74, 6) is -1.38. The van der Waals surface area contributed by atoms with Crippen molar-refractivity contribution < 1.29 is 22.4 Å². The molecule has 0 aromatic heterocycles. The summed E-state index contributed by atoms with van der Waals surface area (Å²) in [7, 11) is -4.24. The Morgan fingerprint density at radius 3 is 2.04 bits per heavy atom. The lowest BCUT2D eigenvalue weighted by Crippen LogP contribution is -2.55. The van der Waals surface area contributed by atoms with Gasteiger partial charge in [-0.3, -0.25) is 13.9 Å². The minimum Gasteiger partial charge on any atom is -0.352 e. The van der Waals surface area contributed by atoms with Crippen LogP contribution in [0.25, 0.3) is 0 Å². The second-order valence-electron chi connectivity index (χ2n) is 11.5. The number of carbonyl (C=O) groups excluding carboxylic acids is 2. The lowest BCUT2D eigenvalue weighted by atomic mass is 9.94. The highest BCUT2D eigenvalue weighted by Gasteiger charge is 2.35. The molecule has 1 atom stereocenters. The van der Waals surface area contributed by atoms with Crippen molar-refractivity contribution in [3.63, 3.8) is 0 Å². The zero-order chi connectivity index (χ0) is 32.5. The zero-order valence-electron chi connectivity index (χ0n) is 25.4. The first-order valence-corrected chi connectivity index (χ1v) is 17.7. The van der Waals surface area contributed by atoms with E-state index in [-0.39, 0.29) is 35.5 Å². The molecule has 0 aliphatic heterocycles. The molecular weight excluding hydrogens is 669 g/mol. The van der Waals surface area contributed by atoms with Crippen LogP contribution in [0, 0.1) is 5.82 Å². The average Bonchev–Trinajstić information content (AvgIpc) is 3.07. The number of amides is 2. The second kappa shape index (κ2) is 15.5. The third kappa shape index (κ3) is 8.61. The molecule has 4 aromatic rings. The SMILES string of the molecule is O=C(NC1CCCCC1)[C@@H](Cc1ccccc1)N(Cc1ccc(Br)cc1)C(=O)CN(c1ccc(F)cc1)S(=O)(=O)c1ccccc1. The summed E-state index contributed by atoms with van der Waals surface area (Å²) in [6, 6.07) is 28.8. The maximum absolute atomic E-state index is 14.5. The summed E-state index contributed by atoms with van der Waals surface area (Å²) < 4.78 is 43.8. The fourth-order valence-corrected chi connectivity index (χ4v) is 7.44. The molecule has 0 heterocycles. The van der Waals surface area contributed by atoms with Gasteiger partial charge in [-0.1, -0.05) is 95.9 Å².